The van der Waals surface area contributed by atoms with Crippen molar-refractivity contribution in [1.82, 2.24) is 9.62 Å². The van der Waals surface area contributed by atoms with E-state index in [9.17, 15) is 13.4 Å². The molecule has 0 bridgehead atoms. The van der Waals surface area contributed by atoms with E-state index in [-0.39, 0.29) is 29.6 Å². The molecule has 1 aromatic rings. The molecule has 162 valence electrons. The van der Waals surface area contributed by atoms with Crippen molar-refractivity contribution in [3.63, 3.8) is 0 Å². The maximum Gasteiger partial charge on any atom is 0.226 e. The van der Waals surface area contributed by atoms with Gasteiger partial charge in [-0.1, -0.05) is 24.3 Å². The lowest BCUT2D eigenvalue weighted by molar-refractivity contribution is -0.132. The van der Waals surface area contributed by atoms with Crippen LogP contribution >= 0.6 is 0 Å². The quantitative estimate of drug-likeness (QED) is 0.760. The van der Waals surface area contributed by atoms with E-state index in [2.05, 4.69) is 16.9 Å². The SMILES string of the molecule is Cc1c(F)ccc(C2CC2C(=O)N2CCCC(NS(C)=O)CC2)c1C1=CC=CCC1. The molecule has 1 heterocycles. The van der Waals surface area contributed by atoms with Crippen LogP contribution in [-0.4, -0.2) is 40.4 Å². The Kier molecular flexibility index (Phi) is 6.54. The molecule has 30 heavy (non-hydrogen) atoms. The zero-order chi connectivity index (χ0) is 21.3. The second-order valence-electron chi connectivity index (χ2n) is 8.77. The molecular weight excluding hydrogens is 399 g/mol. The average Bonchev–Trinajstić information content (AvgIpc) is 3.54. The van der Waals surface area contributed by atoms with E-state index in [0.29, 0.717) is 12.1 Å². The number of rotatable bonds is 5. The fourth-order valence-electron chi connectivity index (χ4n) is 4.97. The van der Waals surface area contributed by atoms with Gasteiger partial charge in [0.25, 0.3) is 0 Å². The van der Waals surface area contributed by atoms with E-state index >= 15 is 0 Å². The first-order valence-electron chi connectivity index (χ1n) is 11.0. The molecule has 1 aliphatic heterocycles. The zero-order valence-electron chi connectivity index (χ0n) is 17.8. The molecule has 1 aromatic carbocycles. The minimum absolute atomic E-state index is 0.00170. The van der Waals surface area contributed by atoms with E-state index in [1.165, 1.54) is 5.57 Å². The van der Waals surface area contributed by atoms with Crippen LogP contribution in [0.4, 0.5) is 4.39 Å². The number of likely N-dealkylation sites (tertiary alicyclic amines) is 1. The van der Waals surface area contributed by atoms with Crippen LogP contribution in [0.2, 0.25) is 0 Å². The summed E-state index contributed by atoms with van der Waals surface area (Å²) in [6.07, 6.45) is 13.4. The van der Waals surface area contributed by atoms with Gasteiger partial charge in [0, 0.05) is 31.3 Å². The van der Waals surface area contributed by atoms with Crippen molar-refractivity contribution in [2.24, 2.45) is 5.92 Å². The number of nitrogens with zero attached hydrogens (tertiary/aromatic N) is 1. The second-order valence-corrected chi connectivity index (χ2v) is 9.91. The Balaban J connectivity index is 1.49. The lowest BCUT2D eigenvalue weighted by Gasteiger charge is -2.22. The van der Waals surface area contributed by atoms with E-state index in [1.54, 1.807) is 12.3 Å². The van der Waals surface area contributed by atoms with Gasteiger partial charge >= 0.3 is 0 Å². The third-order valence-corrected chi connectivity index (χ3v) is 7.31. The number of allylic oxidation sites excluding steroid dienone is 4. The van der Waals surface area contributed by atoms with Crippen molar-refractivity contribution >= 4 is 22.5 Å². The molecule has 1 saturated heterocycles. The molecule has 2 fully saturated rings. The van der Waals surface area contributed by atoms with E-state index in [4.69, 9.17) is 0 Å². The van der Waals surface area contributed by atoms with Crippen molar-refractivity contribution in [2.75, 3.05) is 19.3 Å². The highest BCUT2D eigenvalue weighted by molar-refractivity contribution is 7.82. The van der Waals surface area contributed by atoms with Gasteiger partial charge < -0.3 is 4.90 Å². The summed E-state index contributed by atoms with van der Waals surface area (Å²) in [5, 5.41) is 0. The summed E-state index contributed by atoms with van der Waals surface area (Å²) in [7, 11) is -1.02. The fourth-order valence-corrected chi connectivity index (χ4v) is 5.67. The Morgan fingerprint density at radius 1 is 1.27 bits per heavy atom. The maximum absolute atomic E-state index is 14.4. The van der Waals surface area contributed by atoms with Crippen LogP contribution in [0.3, 0.4) is 0 Å². The minimum Gasteiger partial charge on any atom is -0.342 e. The third kappa shape index (κ3) is 4.59. The number of amides is 1. The summed E-state index contributed by atoms with van der Waals surface area (Å²) in [5.74, 6) is 0.230. The van der Waals surface area contributed by atoms with Crippen molar-refractivity contribution in [3.8, 4) is 0 Å². The smallest absolute Gasteiger partial charge is 0.226 e. The van der Waals surface area contributed by atoms with Crippen LogP contribution in [0, 0.1) is 18.7 Å². The van der Waals surface area contributed by atoms with Crippen molar-refractivity contribution in [3.05, 3.63) is 52.9 Å². The molecule has 4 nitrogen and oxygen atoms in total. The summed E-state index contributed by atoms with van der Waals surface area (Å²) in [4.78, 5) is 15.2. The lowest BCUT2D eigenvalue weighted by Crippen LogP contribution is -2.35. The monoisotopic (exact) mass is 430 g/mol. The number of hydrogen-bond acceptors (Lipinski definition) is 2. The third-order valence-electron chi connectivity index (χ3n) is 6.65. The predicted molar refractivity (Wildman–Crippen MR) is 120 cm³/mol. The molecule has 3 aliphatic rings. The van der Waals surface area contributed by atoms with Crippen LogP contribution < -0.4 is 4.72 Å². The first kappa shape index (κ1) is 21.4. The van der Waals surface area contributed by atoms with E-state index < -0.39 is 11.0 Å². The first-order valence-corrected chi connectivity index (χ1v) is 12.5. The number of hydrogen-bond donors (Lipinski definition) is 1. The Hall–Kier alpha value is -1.79. The average molecular weight is 431 g/mol. The second kappa shape index (κ2) is 9.15. The molecule has 4 unspecified atom stereocenters. The normalized spacial score (nSPS) is 27.4. The number of carbonyl (C=O) groups is 1. The van der Waals surface area contributed by atoms with Gasteiger partial charge in [-0.05, 0) is 79.7 Å². The van der Waals surface area contributed by atoms with Gasteiger partial charge in [-0.15, -0.1) is 0 Å². The van der Waals surface area contributed by atoms with Gasteiger partial charge in [-0.25, -0.2) is 13.3 Å². The molecule has 4 atom stereocenters. The fraction of sp³-hybridized carbons (Fsp3) is 0.542. The van der Waals surface area contributed by atoms with Crippen LogP contribution in [-0.2, 0) is 15.8 Å². The summed E-state index contributed by atoms with van der Waals surface area (Å²) < 4.78 is 28.9. The van der Waals surface area contributed by atoms with Crippen LogP contribution in [0.25, 0.3) is 5.57 Å². The van der Waals surface area contributed by atoms with Gasteiger partial charge in [-0.3, -0.25) is 4.79 Å². The first-order chi connectivity index (χ1) is 14.5. The molecule has 1 N–H and O–H groups in total. The minimum atomic E-state index is -1.02. The molecule has 1 amide bonds. The number of benzene rings is 1. The molecule has 0 spiro atoms. The Morgan fingerprint density at radius 2 is 2.10 bits per heavy atom. The van der Waals surface area contributed by atoms with Crippen molar-refractivity contribution < 1.29 is 13.4 Å². The summed E-state index contributed by atoms with van der Waals surface area (Å²) in [5.41, 5.74) is 4.03. The molecule has 1 saturated carbocycles. The number of carbonyl (C=O) groups excluding carboxylic acids is 1. The topological polar surface area (TPSA) is 49.4 Å². The van der Waals surface area contributed by atoms with Gasteiger partial charge in [0.05, 0.1) is 11.0 Å². The Morgan fingerprint density at radius 3 is 2.83 bits per heavy atom. The Labute approximate surface area is 181 Å². The maximum atomic E-state index is 14.4. The molecule has 2 aliphatic carbocycles. The highest BCUT2D eigenvalue weighted by Crippen LogP contribution is 2.51. The zero-order valence-corrected chi connectivity index (χ0v) is 18.6. The molecule has 0 radical (unpaired) electrons. The predicted octanol–water partition coefficient (Wildman–Crippen LogP) is 4.24. The van der Waals surface area contributed by atoms with Crippen molar-refractivity contribution in [1.29, 1.82) is 0 Å². The van der Waals surface area contributed by atoms with E-state index in [0.717, 1.165) is 56.2 Å². The highest BCUT2D eigenvalue weighted by atomic mass is 32.2. The van der Waals surface area contributed by atoms with Crippen LogP contribution in [0.5, 0.6) is 0 Å². The number of nitrogens with one attached hydrogen (secondary N) is 1. The number of halogens is 1. The summed E-state index contributed by atoms with van der Waals surface area (Å²) in [6, 6.07) is 3.66. The van der Waals surface area contributed by atoms with Gasteiger partial charge in [0.1, 0.15) is 5.82 Å². The molecule has 0 aromatic heterocycles. The molecule has 4 rings (SSSR count). The van der Waals surface area contributed by atoms with Gasteiger partial charge in [0.15, 0.2) is 0 Å². The van der Waals surface area contributed by atoms with E-state index in [1.807, 2.05) is 24.0 Å². The van der Waals surface area contributed by atoms with Gasteiger partial charge in [-0.2, -0.15) is 0 Å². The van der Waals surface area contributed by atoms with Crippen LogP contribution in [0.15, 0.2) is 30.4 Å². The summed E-state index contributed by atoms with van der Waals surface area (Å²) >= 11 is 0. The standard InChI is InChI=1S/C24H31FN2O2S/c1-16-22(25)11-10-19(23(16)17-7-4-3-5-8-17)20-15-21(20)24(28)27-13-6-9-18(12-14-27)26-30(2)29/h3-4,7,10-11,18,20-21,26H,5-6,8-9,12-15H2,1-2H3. The molecule has 6 heteroatoms. The highest BCUT2D eigenvalue weighted by Gasteiger charge is 2.47. The van der Waals surface area contributed by atoms with Crippen LogP contribution in [0.1, 0.15) is 61.1 Å². The van der Waals surface area contributed by atoms with Crippen molar-refractivity contribution in [2.45, 2.75) is 57.4 Å². The Bertz CT molecular complexity index is 911. The molecular formula is C24H31FN2O2S. The lowest BCUT2D eigenvalue weighted by atomic mass is 9.87. The summed E-state index contributed by atoms with van der Waals surface area (Å²) in [6.45, 7) is 3.33. The largest absolute Gasteiger partial charge is 0.342 e. The van der Waals surface area contributed by atoms with Gasteiger partial charge in [0.2, 0.25) is 5.91 Å².